The number of rotatable bonds is 10. The van der Waals surface area contributed by atoms with Crippen LogP contribution in [0.4, 0.5) is 0 Å². The Morgan fingerprint density at radius 2 is 1.53 bits per heavy atom. The second kappa shape index (κ2) is 11.1. The largest absolute Gasteiger partial charge is 0.490 e. The van der Waals surface area contributed by atoms with Crippen molar-refractivity contribution in [3.8, 4) is 28.0 Å². The molecule has 0 radical (unpaired) electrons. The predicted octanol–water partition coefficient (Wildman–Crippen LogP) is 6.54. The van der Waals surface area contributed by atoms with Crippen LogP contribution in [0.25, 0.3) is 28.3 Å². The first-order valence-corrected chi connectivity index (χ1v) is 10.4. The fraction of sp³-hybridized carbons (Fsp3) is 0.222. The molecule has 3 heteroatoms. The molecule has 0 saturated carbocycles. The van der Waals surface area contributed by atoms with Crippen molar-refractivity contribution in [2.75, 3.05) is 6.61 Å². The van der Waals surface area contributed by atoms with Crippen LogP contribution in [0.5, 0.6) is 5.75 Å². The van der Waals surface area contributed by atoms with Crippen LogP contribution in [0.15, 0.2) is 85.6 Å². The minimum absolute atomic E-state index is 0.224. The summed E-state index contributed by atoms with van der Waals surface area (Å²) in [6.07, 6.45) is 10.4. The average molecular weight is 400 g/mol. The summed E-state index contributed by atoms with van der Waals surface area (Å²) in [5.41, 5.74) is 5.51. The number of benzene rings is 2. The Morgan fingerprint density at radius 1 is 0.933 bits per heavy atom. The molecule has 0 amide bonds. The zero-order valence-electron chi connectivity index (χ0n) is 17.5. The lowest BCUT2D eigenvalue weighted by Gasteiger charge is -2.07. The van der Waals surface area contributed by atoms with E-state index in [9.17, 15) is 5.11 Å². The first-order valence-electron chi connectivity index (χ1n) is 10.4. The van der Waals surface area contributed by atoms with E-state index < -0.39 is 0 Å². The van der Waals surface area contributed by atoms with Crippen LogP contribution in [0.1, 0.15) is 31.9 Å². The summed E-state index contributed by atoms with van der Waals surface area (Å²) in [7, 11) is 0. The van der Waals surface area contributed by atoms with Crippen LogP contribution in [-0.4, -0.2) is 22.8 Å². The first kappa shape index (κ1) is 21.5. The molecule has 0 aliphatic carbocycles. The van der Waals surface area contributed by atoms with E-state index in [2.05, 4.69) is 60.1 Å². The number of pyridine rings is 1. The number of unbranched alkanes of at least 4 members (excludes halogenated alkanes) is 1. The van der Waals surface area contributed by atoms with Crippen molar-refractivity contribution in [2.24, 2.45) is 0 Å². The molecule has 1 aromatic heterocycles. The zero-order chi connectivity index (χ0) is 21.2. The fourth-order valence-electron chi connectivity index (χ4n) is 3.16. The molecule has 1 unspecified atom stereocenters. The SMILES string of the molecule is C=CCOc1ccc(-c2ccc(-c3ccc(C=CCCCC(C)O)nc3)cc2)cc1. The average Bonchev–Trinajstić information content (AvgIpc) is 2.78. The van der Waals surface area contributed by atoms with E-state index in [4.69, 9.17) is 4.74 Å². The Morgan fingerprint density at radius 3 is 2.10 bits per heavy atom. The van der Waals surface area contributed by atoms with E-state index >= 15 is 0 Å². The van der Waals surface area contributed by atoms with Crippen molar-refractivity contribution < 1.29 is 9.84 Å². The molecule has 1 heterocycles. The maximum absolute atomic E-state index is 9.28. The molecule has 30 heavy (non-hydrogen) atoms. The van der Waals surface area contributed by atoms with E-state index in [1.54, 1.807) is 6.08 Å². The molecule has 1 atom stereocenters. The van der Waals surface area contributed by atoms with Gasteiger partial charge in [-0.1, -0.05) is 61.2 Å². The summed E-state index contributed by atoms with van der Waals surface area (Å²) >= 11 is 0. The minimum Gasteiger partial charge on any atom is -0.490 e. The Labute approximate surface area is 179 Å². The fourth-order valence-corrected chi connectivity index (χ4v) is 3.16. The lowest BCUT2D eigenvalue weighted by Crippen LogP contribution is -1.97. The van der Waals surface area contributed by atoms with E-state index in [1.165, 1.54) is 5.56 Å². The third-order valence-electron chi connectivity index (χ3n) is 4.84. The monoisotopic (exact) mass is 399 g/mol. The molecule has 0 saturated heterocycles. The highest BCUT2D eigenvalue weighted by Crippen LogP contribution is 2.26. The molecule has 0 spiro atoms. The molecule has 0 fully saturated rings. The van der Waals surface area contributed by atoms with Crippen molar-refractivity contribution in [2.45, 2.75) is 32.3 Å². The highest BCUT2D eigenvalue weighted by molar-refractivity contribution is 5.70. The van der Waals surface area contributed by atoms with Gasteiger partial charge < -0.3 is 9.84 Å². The van der Waals surface area contributed by atoms with Gasteiger partial charge in [0.2, 0.25) is 0 Å². The molecule has 0 bridgehead atoms. The van der Waals surface area contributed by atoms with E-state index in [0.29, 0.717) is 6.61 Å². The normalized spacial score (nSPS) is 12.1. The van der Waals surface area contributed by atoms with E-state index in [0.717, 1.165) is 47.4 Å². The molecule has 1 N–H and O–H groups in total. The van der Waals surface area contributed by atoms with Gasteiger partial charge in [-0.2, -0.15) is 0 Å². The van der Waals surface area contributed by atoms with Crippen molar-refractivity contribution in [3.63, 3.8) is 0 Å². The number of aromatic nitrogens is 1. The highest BCUT2D eigenvalue weighted by Gasteiger charge is 2.02. The van der Waals surface area contributed by atoms with Crippen molar-refractivity contribution in [3.05, 3.63) is 91.3 Å². The van der Waals surface area contributed by atoms with Gasteiger partial charge in [0.1, 0.15) is 12.4 Å². The molecular formula is C27H29NO2. The summed E-state index contributed by atoms with van der Waals surface area (Å²) in [5.74, 6) is 0.846. The third-order valence-corrected chi connectivity index (χ3v) is 4.84. The first-order chi connectivity index (χ1) is 14.7. The van der Waals surface area contributed by atoms with Gasteiger partial charge >= 0.3 is 0 Å². The van der Waals surface area contributed by atoms with Crippen LogP contribution < -0.4 is 4.74 Å². The highest BCUT2D eigenvalue weighted by atomic mass is 16.5. The van der Waals surface area contributed by atoms with Crippen molar-refractivity contribution >= 4 is 6.08 Å². The van der Waals surface area contributed by atoms with Gasteiger partial charge in [0.25, 0.3) is 0 Å². The van der Waals surface area contributed by atoms with Crippen LogP contribution in [0.3, 0.4) is 0 Å². The number of aliphatic hydroxyl groups is 1. The quantitative estimate of drug-likeness (QED) is 0.311. The third kappa shape index (κ3) is 6.43. The summed E-state index contributed by atoms with van der Waals surface area (Å²) in [6, 6.07) is 20.7. The number of ether oxygens (including phenoxy) is 1. The Hall–Kier alpha value is -3.17. The molecule has 154 valence electrons. The maximum atomic E-state index is 9.28. The van der Waals surface area contributed by atoms with Crippen LogP contribution >= 0.6 is 0 Å². The number of hydrogen-bond donors (Lipinski definition) is 1. The topological polar surface area (TPSA) is 42.4 Å². The summed E-state index contributed by atoms with van der Waals surface area (Å²) < 4.78 is 5.54. The molecule has 3 rings (SSSR count). The lowest BCUT2D eigenvalue weighted by molar-refractivity contribution is 0.182. The standard InChI is InChI=1S/C27H29NO2/c1-3-19-30-27-17-14-23(15-18-27)22-9-11-24(12-10-22)25-13-16-26(28-20-25)8-6-4-5-7-21(2)29/h3,6,8-18,20-21,29H,1,4-5,7,19H2,2H3. The van der Waals surface area contributed by atoms with Crippen molar-refractivity contribution in [1.29, 1.82) is 0 Å². The molecule has 3 aromatic rings. The minimum atomic E-state index is -0.224. The van der Waals surface area contributed by atoms with Gasteiger partial charge in [0.05, 0.1) is 11.8 Å². The van der Waals surface area contributed by atoms with Gasteiger partial charge in [-0.3, -0.25) is 4.98 Å². The predicted molar refractivity (Wildman–Crippen MR) is 125 cm³/mol. The number of aliphatic hydroxyl groups excluding tert-OH is 1. The van der Waals surface area contributed by atoms with Gasteiger partial charge in [0, 0.05) is 11.8 Å². The molecule has 0 aliphatic heterocycles. The van der Waals surface area contributed by atoms with Crippen LogP contribution in [0.2, 0.25) is 0 Å². The second-order valence-corrected chi connectivity index (χ2v) is 7.36. The molecular weight excluding hydrogens is 370 g/mol. The number of nitrogens with zero attached hydrogens (tertiary/aromatic N) is 1. The van der Waals surface area contributed by atoms with E-state index in [1.807, 2.05) is 37.4 Å². The van der Waals surface area contributed by atoms with Crippen LogP contribution in [-0.2, 0) is 0 Å². The smallest absolute Gasteiger partial charge is 0.119 e. The van der Waals surface area contributed by atoms with Gasteiger partial charge in [-0.15, -0.1) is 0 Å². The zero-order valence-corrected chi connectivity index (χ0v) is 17.5. The summed E-state index contributed by atoms with van der Waals surface area (Å²) in [5, 5.41) is 9.28. The molecule has 3 nitrogen and oxygen atoms in total. The Bertz CT molecular complexity index is 940. The number of hydrogen-bond acceptors (Lipinski definition) is 3. The summed E-state index contributed by atoms with van der Waals surface area (Å²) in [6.45, 7) is 6.00. The van der Waals surface area contributed by atoms with Gasteiger partial charge in [-0.25, -0.2) is 0 Å². The summed E-state index contributed by atoms with van der Waals surface area (Å²) in [4.78, 5) is 4.55. The van der Waals surface area contributed by atoms with Gasteiger partial charge in [-0.05, 0) is 67.2 Å². The number of allylic oxidation sites excluding steroid dienone is 1. The lowest BCUT2D eigenvalue weighted by atomic mass is 10.0. The maximum Gasteiger partial charge on any atom is 0.119 e. The Balaban J connectivity index is 1.60. The van der Waals surface area contributed by atoms with Crippen molar-refractivity contribution in [1.82, 2.24) is 4.98 Å². The Kier molecular flexibility index (Phi) is 7.99. The molecule has 0 aliphatic rings. The van der Waals surface area contributed by atoms with Gasteiger partial charge in [0.15, 0.2) is 0 Å². The second-order valence-electron chi connectivity index (χ2n) is 7.36. The van der Waals surface area contributed by atoms with Crippen LogP contribution in [0, 0.1) is 0 Å². The van der Waals surface area contributed by atoms with E-state index in [-0.39, 0.29) is 6.10 Å². The molecule has 2 aromatic carbocycles.